The first-order valence-electron chi connectivity index (χ1n) is 6.67. The Kier molecular flexibility index (Phi) is 3.95. The lowest BCUT2D eigenvalue weighted by Crippen LogP contribution is -2.18. The highest BCUT2D eigenvalue weighted by Gasteiger charge is 2.12. The highest BCUT2D eigenvalue weighted by molar-refractivity contribution is 5.87. The molecule has 1 aromatic heterocycles. The molecule has 1 heterocycles. The molecule has 0 aliphatic heterocycles. The molecule has 2 rings (SSSR count). The minimum atomic E-state index is -0.907. The van der Waals surface area contributed by atoms with Crippen LogP contribution in [0.2, 0.25) is 0 Å². The molecule has 0 aliphatic rings. The summed E-state index contributed by atoms with van der Waals surface area (Å²) in [6, 6.07) is 9.18. The SMILES string of the molecule is Cc1cc(CC(C)N)c(C)n1-c1ccc(C(=O)O)cc1. The first-order chi connectivity index (χ1) is 9.40. The van der Waals surface area contributed by atoms with Crippen molar-refractivity contribution in [3.05, 3.63) is 52.8 Å². The van der Waals surface area contributed by atoms with Crippen LogP contribution in [0.1, 0.15) is 34.2 Å². The highest BCUT2D eigenvalue weighted by atomic mass is 16.4. The first-order valence-corrected chi connectivity index (χ1v) is 6.67. The first kappa shape index (κ1) is 14.3. The van der Waals surface area contributed by atoms with Crippen LogP contribution >= 0.6 is 0 Å². The third kappa shape index (κ3) is 2.75. The average molecular weight is 272 g/mol. The van der Waals surface area contributed by atoms with E-state index in [1.54, 1.807) is 12.1 Å². The van der Waals surface area contributed by atoms with Gasteiger partial charge in [-0.25, -0.2) is 4.79 Å². The van der Waals surface area contributed by atoms with Gasteiger partial charge in [-0.2, -0.15) is 0 Å². The summed E-state index contributed by atoms with van der Waals surface area (Å²) in [5.41, 5.74) is 10.7. The van der Waals surface area contributed by atoms with E-state index in [-0.39, 0.29) is 6.04 Å². The van der Waals surface area contributed by atoms with Crippen LogP contribution in [0.25, 0.3) is 5.69 Å². The number of carboxylic acid groups (broad SMARTS) is 1. The molecule has 3 N–H and O–H groups in total. The van der Waals surface area contributed by atoms with E-state index < -0.39 is 5.97 Å². The predicted molar refractivity (Wildman–Crippen MR) is 79.6 cm³/mol. The summed E-state index contributed by atoms with van der Waals surface area (Å²) in [5.74, 6) is -0.907. The Labute approximate surface area is 118 Å². The number of nitrogens with two attached hydrogens (primary N) is 1. The molecule has 1 atom stereocenters. The van der Waals surface area contributed by atoms with Gasteiger partial charge in [0.25, 0.3) is 0 Å². The number of hydrogen-bond acceptors (Lipinski definition) is 2. The molecule has 0 amide bonds. The molecule has 4 heteroatoms. The minimum absolute atomic E-state index is 0.123. The van der Waals surface area contributed by atoms with Crippen molar-refractivity contribution in [3.8, 4) is 5.69 Å². The smallest absolute Gasteiger partial charge is 0.335 e. The van der Waals surface area contributed by atoms with Crippen molar-refractivity contribution in [1.82, 2.24) is 4.57 Å². The molecule has 20 heavy (non-hydrogen) atoms. The van der Waals surface area contributed by atoms with E-state index in [0.29, 0.717) is 5.56 Å². The Morgan fingerprint density at radius 3 is 2.40 bits per heavy atom. The Morgan fingerprint density at radius 2 is 1.90 bits per heavy atom. The monoisotopic (exact) mass is 272 g/mol. The number of aryl methyl sites for hydroxylation is 1. The lowest BCUT2D eigenvalue weighted by molar-refractivity contribution is 0.0697. The lowest BCUT2D eigenvalue weighted by Gasteiger charge is -2.11. The molecule has 1 aromatic carbocycles. The number of carbonyl (C=O) groups is 1. The van der Waals surface area contributed by atoms with E-state index >= 15 is 0 Å². The van der Waals surface area contributed by atoms with E-state index in [4.69, 9.17) is 10.8 Å². The van der Waals surface area contributed by atoms with Crippen LogP contribution in [0.5, 0.6) is 0 Å². The second-order valence-electron chi connectivity index (χ2n) is 5.27. The number of benzene rings is 1. The third-order valence-corrected chi connectivity index (χ3v) is 3.45. The van der Waals surface area contributed by atoms with Gasteiger partial charge in [-0.1, -0.05) is 0 Å². The Balaban J connectivity index is 2.42. The molecular weight excluding hydrogens is 252 g/mol. The van der Waals surface area contributed by atoms with E-state index in [9.17, 15) is 4.79 Å². The Bertz CT molecular complexity index is 625. The van der Waals surface area contributed by atoms with Gasteiger partial charge in [-0.15, -0.1) is 0 Å². The number of nitrogens with zero attached hydrogens (tertiary/aromatic N) is 1. The van der Waals surface area contributed by atoms with Gasteiger partial charge >= 0.3 is 5.97 Å². The van der Waals surface area contributed by atoms with Gasteiger partial charge in [0.15, 0.2) is 0 Å². The molecular formula is C16H20N2O2. The van der Waals surface area contributed by atoms with E-state index in [2.05, 4.69) is 17.6 Å². The molecule has 0 saturated carbocycles. The Morgan fingerprint density at radius 1 is 1.30 bits per heavy atom. The molecule has 2 aromatic rings. The fourth-order valence-electron chi connectivity index (χ4n) is 2.53. The number of aromatic nitrogens is 1. The maximum atomic E-state index is 10.9. The van der Waals surface area contributed by atoms with Crippen molar-refractivity contribution >= 4 is 5.97 Å². The number of rotatable bonds is 4. The predicted octanol–water partition coefficient (Wildman–Crippen LogP) is 2.68. The molecule has 106 valence electrons. The molecule has 0 spiro atoms. The van der Waals surface area contributed by atoms with Crippen molar-refractivity contribution in [2.45, 2.75) is 33.2 Å². The van der Waals surface area contributed by atoms with E-state index in [1.807, 2.05) is 26.0 Å². The summed E-state index contributed by atoms with van der Waals surface area (Å²) in [7, 11) is 0. The van der Waals surface area contributed by atoms with Crippen LogP contribution in [0, 0.1) is 13.8 Å². The summed E-state index contributed by atoms with van der Waals surface area (Å²) in [6.45, 7) is 6.10. The largest absolute Gasteiger partial charge is 0.478 e. The van der Waals surface area contributed by atoms with Gasteiger partial charge in [0.05, 0.1) is 5.56 Å². The maximum absolute atomic E-state index is 10.9. The van der Waals surface area contributed by atoms with Gasteiger partial charge in [0.1, 0.15) is 0 Å². The maximum Gasteiger partial charge on any atom is 0.335 e. The number of hydrogen-bond donors (Lipinski definition) is 2. The fourth-order valence-corrected chi connectivity index (χ4v) is 2.53. The third-order valence-electron chi connectivity index (χ3n) is 3.45. The molecule has 4 nitrogen and oxygen atoms in total. The van der Waals surface area contributed by atoms with Crippen LogP contribution in [0.4, 0.5) is 0 Å². The zero-order valence-corrected chi connectivity index (χ0v) is 12.1. The van der Waals surface area contributed by atoms with Crippen LogP contribution in [0.15, 0.2) is 30.3 Å². The second kappa shape index (κ2) is 5.51. The summed E-state index contributed by atoms with van der Waals surface area (Å²) >= 11 is 0. The van der Waals surface area contributed by atoms with Crippen molar-refractivity contribution in [2.75, 3.05) is 0 Å². The topological polar surface area (TPSA) is 68.2 Å². The van der Waals surface area contributed by atoms with Gasteiger partial charge < -0.3 is 15.4 Å². The fraction of sp³-hybridized carbons (Fsp3) is 0.312. The number of carboxylic acids is 1. The summed E-state index contributed by atoms with van der Waals surface area (Å²) < 4.78 is 2.13. The molecule has 0 radical (unpaired) electrons. The van der Waals surface area contributed by atoms with Crippen molar-refractivity contribution in [3.63, 3.8) is 0 Å². The normalized spacial score (nSPS) is 12.4. The van der Waals surface area contributed by atoms with Crippen LogP contribution in [0.3, 0.4) is 0 Å². The molecule has 1 unspecified atom stereocenters. The average Bonchev–Trinajstić information content (AvgIpc) is 2.64. The zero-order chi connectivity index (χ0) is 14.9. The van der Waals surface area contributed by atoms with Crippen LogP contribution in [-0.2, 0) is 6.42 Å². The number of aromatic carboxylic acids is 1. The van der Waals surface area contributed by atoms with Crippen LogP contribution < -0.4 is 5.73 Å². The molecule has 0 bridgehead atoms. The van der Waals surface area contributed by atoms with E-state index in [0.717, 1.165) is 23.5 Å². The van der Waals surface area contributed by atoms with Crippen LogP contribution in [-0.4, -0.2) is 21.7 Å². The molecule has 0 fully saturated rings. The summed E-state index contributed by atoms with van der Waals surface area (Å²) in [4.78, 5) is 10.9. The quantitative estimate of drug-likeness (QED) is 0.899. The minimum Gasteiger partial charge on any atom is -0.478 e. The molecule has 0 aliphatic carbocycles. The van der Waals surface area contributed by atoms with Gasteiger partial charge in [0, 0.05) is 23.1 Å². The Hall–Kier alpha value is -2.07. The van der Waals surface area contributed by atoms with E-state index in [1.165, 1.54) is 5.56 Å². The molecule has 0 saturated heterocycles. The lowest BCUT2D eigenvalue weighted by atomic mass is 10.1. The van der Waals surface area contributed by atoms with Crippen molar-refractivity contribution < 1.29 is 9.90 Å². The van der Waals surface area contributed by atoms with Gasteiger partial charge in [0.2, 0.25) is 0 Å². The summed E-state index contributed by atoms with van der Waals surface area (Å²) in [6.07, 6.45) is 0.840. The second-order valence-corrected chi connectivity index (χ2v) is 5.27. The summed E-state index contributed by atoms with van der Waals surface area (Å²) in [5, 5.41) is 8.94. The highest BCUT2D eigenvalue weighted by Crippen LogP contribution is 2.22. The van der Waals surface area contributed by atoms with Gasteiger partial charge in [-0.05, 0) is 63.1 Å². The standard InChI is InChI=1S/C16H20N2O2/c1-10(17)8-14-9-11(2)18(12(14)3)15-6-4-13(5-7-15)16(19)20/h4-7,9-10H,8,17H2,1-3H3,(H,19,20). The van der Waals surface area contributed by atoms with Crippen molar-refractivity contribution in [2.24, 2.45) is 5.73 Å². The van der Waals surface area contributed by atoms with Gasteiger partial charge in [-0.3, -0.25) is 0 Å². The zero-order valence-electron chi connectivity index (χ0n) is 12.1. The van der Waals surface area contributed by atoms with Crippen molar-refractivity contribution in [1.29, 1.82) is 0 Å².